The van der Waals surface area contributed by atoms with Gasteiger partial charge in [-0.05, 0) is 24.3 Å². The van der Waals surface area contributed by atoms with Crippen LogP contribution in [-0.4, -0.2) is 37.1 Å². The summed E-state index contributed by atoms with van der Waals surface area (Å²) in [7, 11) is -3.56. The fraction of sp³-hybridized carbons (Fsp3) is 0.267. The van der Waals surface area contributed by atoms with Gasteiger partial charge in [0.1, 0.15) is 0 Å². The summed E-state index contributed by atoms with van der Waals surface area (Å²) in [6.07, 6.45) is 4.83. The Morgan fingerprint density at radius 3 is 2.39 bits per heavy atom. The third kappa shape index (κ3) is 6.13. The van der Waals surface area contributed by atoms with Crippen molar-refractivity contribution in [1.82, 2.24) is 20.0 Å². The number of amides is 1. The van der Waals surface area contributed by atoms with E-state index in [1.54, 1.807) is 18.5 Å². The quantitative estimate of drug-likeness (QED) is 0.761. The first kappa shape index (κ1) is 17.0. The molecule has 2 rings (SSSR count). The largest absolute Gasteiger partial charge is 0.300 e. The molecule has 2 heterocycles. The van der Waals surface area contributed by atoms with E-state index in [0.717, 1.165) is 17.6 Å². The van der Waals surface area contributed by atoms with Crippen LogP contribution in [0, 0.1) is 0 Å². The Morgan fingerprint density at radius 1 is 1.13 bits per heavy atom. The summed E-state index contributed by atoms with van der Waals surface area (Å²) < 4.78 is 24.1. The molecule has 1 unspecified atom stereocenters. The van der Waals surface area contributed by atoms with E-state index in [9.17, 15) is 13.2 Å². The van der Waals surface area contributed by atoms with Crippen LogP contribution in [0.15, 0.2) is 48.8 Å². The number of carbonyl (C=O) groups excluding carboxylic acids is 1. The third-order valence-electron chi connectivity index (χ3n) is 2.99. The number of nitrogens with one attached hydrogen (secondary N) is 2. The van der Waals surface area contributed by atoms with Crippen molar-refractivity contribution < 1.29 is 13.2 Å². The molecule has 0 bridgehead atoms. The maximum Gasteiger partial charge on any atom is 0.247 e. The molecular formula is C15H18N4O3S. The van der Waals surface area contributed by atoms with Gasteiger partial charge in [-0.2, -0.15) is 0 Å². The fourth-order valence-electron chi connectivity index (χ4n) is 2.05. The predicted octanol–water partition coefficient (Wildman–Crippen LogP) is 0.426. The normalized spacial score (nSPS) is 12.6. The molecule has 0 aliphatic heterocycles. The van der Waals surface area contributed by atoms with Crippen molar-refractivity contribution in [2.45, 2.75) is 12.5 Å². The number of rotatable bonds is 7. The maximum atomic E-state index is 11.7. The molecule has 2 aromatic rings. The smallest absolute Gasteiger partial charge is 0.247 e. The van der Waals surface area contributed by atoms with Gasteiger partial charge in [0.2, 0.25) is 15.9 Å². The van der Waals surface area contributed by atoms with Crippen LogP contribution in [0.1, 0.15) is 17.4 Å². The molecule has 7 nitrogen and oxygen atoms in total. The van der Waals surface area contributed by atoms with Crippen LogP contribution in [0.4, 0.5) is 0 Å². The maximum absolute atomic E-state index is 11.7. The van der Waals surface area contributed by atoms with Crippen molar-refractivity contribution in [1.29, 1.82) is 0 Å². The summed E-state index contributed by atoms with van der Waals surface area (Å²) in [4.78, 5) is 20.2. The standard InChI is InChI=1S/C15H18N4O3S/c1-23(21,22)19-15(20)11-18-14(13-7-3-5-9-17-13)10-12-6-2-4-8-16-12/h2-9,14,18H,10-11H2,1H3,(H,19,20). The van der Waals surface area contributed by atoms with E-state index in [0.29, 0.717) is 6.42 Å². The van der Waals surface area contributed by atoms with Gasteiger partial charge >= 0.3 is 0 Å². The number of nitrogens with zero attached hydrogens (tertiary/aromatic N) is 2. The lowest BCUT2D eigenvalue weighted by Gasteiger charge is -2.17. The van der Waals surface area contributed by atoms with Gasteiger partial charge in [0.05, 0.1) is 24.5 Å². The minimum absolute atomic E-state index is 0.138. The number of hydrogen-bond donors (Lipinski definition) is 2. The van der Waals surface area contributed by atoms with E-state index < -0.39 is 15.9 Å². The molecule has 2 aromatic heterocycles. The van der Waals surface area contributed by atoms with Gasteiger partial charge in [0.15, 0.2) is 0 Å². The van der Waals surface area contributed by atoms with Crippen molar-refractivity contribution in [3.63, 3.8) is 0 Å². The highest BCUT2D eigenvalue weighted by Gasteiger charge is 2.16. The van der Waals surface area contributed by atoms with E-state index in [-0.39, 0.29) is 12.6 Å². The van der Waals surface area contributed by atoms with Crippen LogP contribution in [0.5, 0.6) is 0 Å². The highest BCUT2D eigenvalue weighted by molar-refractivity contribution is 7.89. The molecule has 0 spiro atoms. The molecule has 8 heteroatoms. The van der Waals surface area contributed by atoms with Gasteiger partial charge in [-0.15, -0.1) is 0 Å². The first-order valence-corrected chi connectivity index (χ1v) is 8.88. The Hall–Kier alpha value is -2.32. The number of pyridine rings is 2. The second-order valence-corrected chi connectivity index (χ2v) is 6.76. The number of carbonyl (C=O) groups is 1. The van der Waals surface area contributed by atoms with E-state index in [4.69, 9.17) is 0 Å². The molecular weight excluding hydrogens is 316 g/mol. The van der Waals surface area contributed by atoms with E-state index in [2.05, 4.69) is 15.3 Å². The van der Waals surface area contributed by atoms with Crippen LogP contribution < -0.4 is 10.0 Å². The monoisotopic (exact) mass is 334 g/mol. The number of hydrogen-bond acceptors (Lipinski definition) is 6. The molecule has 0 fully saturated rings. The molecule has 0 aliphatic carbocycles. The fourth-order valence-corrected chi connectivity index (χ4v) is 2.54. The molecule has 1 amide bonds. The first-order chi connectivity index (χ1) is 10.9. The number of aromatic nitrogens is 2. The van der Waals surface area contributed by atoms with Crippen LogP contribution in [-0.2, 0) is 21.2 Å². The van der Waals surface area contributed by atoms with E-state index in [1.165, 1.54) is 0 Å². The van der Waals surface area contributed by atoms with Gasteiger partial charge in [-0.1, -0.05) is 12.1 Å². The zero-order chi connectivity index (χ0) is 16.7. The Balaban J connectivity index is 2.07. The molecule has 23 heavy (non-hydrogen) atoms. The topological polar surface area (TPSA) is 101 Å². The Kier molecular flexibility index (Phi) is 5.78. The van der Waals surface area contributed by atoms with E-state index >= 15 is 0 Å². The molecule has 122 valence electrons. The molecule has 1 atom stereocenters. The Morgan fingerprint density at radius 2 is 1.83 bits per heavy atom. The average Bonchev–Trinajstić information content (AvgIpc) is 2.51. The second-order valence-electron chi connectivity index (χ2n) is 5.01. The predicted molar refractivity (Wildman–Crippen MR) is 85.9 cm³/mol. The van der Waals surface area contributed by atoms with Crippen LogP contribution in [0.3, 0.4) is 0 Å². The minimum atomic E-state index is -3.56. The highest BCUT2D eigenvalue weighted by atomic mass is 32.2. The van der Waals surface area contributed by atoms with Gasteiger partial charge < -0.3 is 0 Å². The second kappa shape index (κ2) is 7.80. The van der Waals surface area contributed by atoms with Gasteiger partial charge in [0.25, 0.3) is 0 Å². The Labute approximate surface area is 135 Å². The van der Waals surface area contributed by atoms with Gasteiger partial charge in [-0.3, -0.25) is 24.8 Å². The van der Waals surface area contributed by atoms with Gasteiger partial charge in [0, 0.05) is 24.5 Å². The zero-order valence-corrected chi connectivity index (χ0v) is 13.5. The summed E-state index contributed by atoms with van der Waals surface area (Å²) in [5, 5.41) is 3.03. The molecule has 0 saturated heterocycles. The lowest BCUT2D eigenvalue weighted by atomic mass is 10.1. The highest BCUT2D eigenvalue weighted by Crippen LogP contribution is 2.14. The summed E-state index contributed by atoms with van der Waals surface area (Å²) >= 11 is 0. The summed E-state index contributed by atoms with van der Waals surface area (Å²) in [6, 6.07) is 10.8. The van der Waals surface area contributed by atoms with Crippen molar-refractivity contribution >= 4 is 15.9 Å². The average molecular weight is 334 g/mol. The summed E-state index contributed by atoms with van der Waals surface area (Å²) in [5.41, 5.74) is 1.60. The van der Waals surface area contributed by atoms with Crippen molar-refractivity contribution in [2.24, 2.45) is 0 Å². The SMILES string of the molecule is CS(=O)(=O)NC(=O)CNC(Cc1ccccn1)c1ccccn1. The molecule has 0 radical (unpaired) electrons. The van der Waals surface area contributed by atoms with Crippen molar-refractivity contribution in [2.75, 3.05) is 12.8 Å². The van der Waals surface area contributed by atoms with Crippen molar-refractivity contribution in [3.8, 4) is 0 Å². The van der Waals surface area contributed by atoms with Crippen LogP contribution >= 0.6 is 0 Å². The van der Waals surface area contributed by atoms with Gasteiger partial charge in [-0.25, -0.2) is 8.42 Å². The molecule has 2 N–H and O–H groups in total. The van der Waals surface area contributed by atoms with E-state index in [1.807, 2.05) is 35.1 Å². The lowest BCUT2D eigenvalue weighted by Crippen LogP contribution is -2.39. The van der Waals surface area contributed by atoms with Crippen molar-refractivity contribution in [3.05, 3.63) is 60.2 Å². The van der Waals surface area contributed by atoms with Crippen LogP contribution in [0.2, 0.25) is 0 Å². The first-order valence-electron chi connectivity index (χ1n) is 6.99. The summed E-state index contributed by atoms with van der Waals surface area (Å²) in [5.74, 6) is -0.616. The lowest BCUT2D eigenvalue weighted by molar-refractivity contribution is -0.118. The number of sulfonamides is 1. The summed E-state index contributed by atoms with van der Waals surface area (Å²) in [6.45, 7) is -0.138. The van der Waals surface area contributed by atoms with Crippen LogP contribution in [0.25, 0.3) is 0 Å². The molecule has 0 saturated carbocycles. The molecule has 0 aliphatic rings. The third-order valence-corrected chi connectivity index (χ3v) is 3.59. The Bertz CT molecular complexity index is 736. The zero-order valence-electron chi connectivity index (χ0n) is 12.6. The molecule has 0 aromatic carbocycles. The minimum Gasteiger partial charge on any atom is -0.300 e.